The van der Waals surface area contributed by atoms with Gasteiger partial charge in [0.25, 0.3) is 0 Å². The van der Waals surface area contributed by atoms with Crippen LogP contribution in [0.3, 0.4) is 0 Å². The first-order valence-electron chi connectivity index (χ1n) is 5.32. The highest BCUT2D eigenvalue weighted by molar-refractivity contribution is 5.08. The SMILES string of the molecule is CCn1cnnc1C(CC)(CC)CN. The summed E-state index contributed by atoms with van der Waals surface area (Å²) in [6.07, 6.45) is 3.81. The van der Waals surface area contributed by atoms with E-state index in [0.717, 1.165) is 25.2 Å². The van der Waals surface area contributed by atoms with Gasteiger partial charge in [-0.3, -0.25) is 0 Å². The molecule has 0 amide bonds. The first-order chi connectivity index (χ1) is 6.74. The molecule has 2 N–H and O–H groups in total. The Labute approximate surface area is 85.5 Å². The molecule has 0 atom stereocenters. The van der Waals surface area contributed by atoms with Crippen molar-refractivity contribution in [2.75, 3.05) is 6.54 Å². The predicted molar refractivity (Wildman–Crippen MR) is 57.0 cm³/mol. The second-order valence-corrected chi connectivity index (χ2v) is 3.63. The largest absolute Gasteiger partial charge is 0.329 e. The highest BCUT2D eigenvalue weighted by Crippen LogP contribution is 2.28. The van der Waals surface area contributed by atoms with E-state index >= 15 is 0 Å². The average Bonchev–Trinajstić information content (AvgIpc) is 2.70. The molecule has 1 aromatic heterocycles. The molecule has 0 bridgehead atoms. The van der Waals surface area contributed by atoms with Crippen LogP contribution in [-0.2, 0) is 12.0 Å². The lowest BCUT2D eigenvalue weighted by atomic mass is 9.81. The molecule has 0 unspecified atom stereocenters. The number of aryl methyl sites for hydroxylation is 1. The Morgan fingerprint density at radius 3 is 2.43 bits per heavy atom. The van der Waals surface area contributed by atoms with E-state index in [9.17, 15) is 0 Å². The minimum Gasteiger partial charge on any atom is -0.329 e. The topological polar surface area (TPSA) is 56.7 Å². The van der Waals surface area contributed by atoms with E-state index in [1.165, 1.54) is 0 Å². The third-order valence-corrected chi connectivity index (χ3v) is 3.17. The molecule has 0 aromatic carbocycles. The van der Waals surface area contributed by atoms with Crippen LogP contribution in [0.25, 0.3) is 0 Å². The lowest BCUT2D eigenvalue weighted by Crippen LogP contribution is -2.36. The maximum atomic E-state index is 5.86. The molecule has 4 heteroatoms. The third-order valence-electron chi connectivity index (χ3n) is 3.17. The van der Waals surface area contributed by atoms with E-state index < -0.39 is 0 Å². The van der Waals surface area contributed by atoms with Crippen LogP contribution in [0, 0.1) is 0 Å². The van der Waals surface area contributed by atoms with Gasteiger partial charge in [-0.1, -0.05) is 13.8 Å². The number of rotatable bonds is 5. The van der Waals surface area contributed by atoms with Gasteiger partial charge in [0.15, 0.2) is 0 Å². The van der Waals surface area contributed by atoms with Gasteiger partial charge in [-0.05, 0) is 19.8 Å². The van der Waals surface area contributed by atoms with Crippen LogP contribution in [0.4, 0.5) is 0 Å². The number of nitrogens with zero attached hydrogens (tertiary/aromatic N) is 3. The van der Waals surface area contributed by atoms with Gasteiger partial charge < -0.3 is 10.3 Å². The van der Waals surface area contributed by atoms with Crippen molar-refractivity contribution in [3.63, 3.8) is 0 Å². The normalized spacial score (nSPS) is 12.0. The summed E-state index contributed by atoms with van der Waals surface area (Å²) < 4.78 is 2.08. The second kappa shape index (κ2) is 4.55. The van der Waals surface area contributed by atoms with Crippen molar-refractivity contribution in [2.24, 2.45) is 5.73 Å². The van der Waals surface area contributed by atoms with Crippen molar-refractivity contribution >= 4 is 0 Å². The molecule has 80 valence electrons. The number of nitrogens with two attached hydrogens (primary N) is 1. The molecule has 0 saturated heterocycles. The zero-order chi connectivity index (χ0) is 10.6. The Kier molecular flexibility index (Phi) is 3.63. The lowest BCUT2D eigenvalue weighted by molar-refractivity contribution is 0.366. The number of hydrogen-bond acceptors (Lipinski definition) is 3. The van der Waals surface area contributed by atoms with Crippen molar-refractivity contribution in [2.45, 2.75) is 45.6 Å². The molecule has 0 spiro atoms. The molecule has 0 saturated carbocycles. The van der Waals surface area contributed by atoms with Gasteiger partial charge in [-0.2, -0.15) is 0 Å². The van der Waals surface area contributed by atoms with Crippen molar-refractivity contribution in [3.8, 4) is 0 Å². The van der Waals surface area contributed by atoms with Crippen LogP contribution in [0.1, 0.15) is 39.4 Å². The maximum Gasteiger partial charge on any atom is 0.140 e. The Bertz CT molecular complexity index is 267. The molecular weight excluding hydrogens is 176 g/mol. The van der Waals surface area contributed by atoms with Crippen molar-refractivity contribution in [3.05, 3.63) is 12.2 Å². The summed E-state index contributed by atoms with van der Waals surface area (Å²) in [7, 11) is 0. The standard InChI is InChI=1S/C10H20N4/c1-4-10(5-2,7-11)9-13-12-8-14(9)6-3/h8H,4-7,11H2,1-3H3. The average molecular weight is 196 g/mol. The summed E-state index contributed by atoms with van der Waals surface area (Å²) in [5.41, 5.74) is 5.87. The number of hydrogen-bond donors (Lipinski definition) is 1. The fourth-order valence-corrected chi connectivity index (χ4v) is 1.84. The molecule has 0 radical (unpaired) electrons. The van der Waals surface area contributed by atoms with E-state index in [4.69, 9.17) is 5.73 Å². The molecule has 4 nitrogen and oxygen atoms in total. The van der Waals surface area contributed by atoms with Gasteiger partial charge in [-0.15, -0.1) is 10.2 Å². The smallest absolute Gasteiger partial charge is 0.140 e. The highest BCUT2D eigenvalue weighted by Gasteiger charge is 2.31. The Morgan fingerprint density at radius 1 is 1.36 bits per heavy atom. The zero-order valence-electron chi connectivity index (χ0n) is 9.32. The van der Waals surface area contributed by atoms with Gasteiger partial charge in [0.2, 0.25) is 0 Å². The fraction of sp³-hybridized carbons (Fsp3) is 0.800. The summed E-state index contributed by atoms with van der Waals surface area (Å²) >= 11 is 0. The summed E-state index contributed by atoms with van der Waals surface area (Å²) in [4.78, 5) is 0. The van der Waals surface area contributed by atoms with Gasteiger partial charge in [0.1, 0.15) is 12.2 Å². The minimum atomic E-state index is 0.00646. The van der Waals surface area contributed by atoms with Crippen LogP contribution in [-0.4, -0.2) is 21.3 Å². The molecule has 0 aliphatic heterocycles. The van der Waals surface area contributed by atoms with E-state index in [-0.39, 0.29) is 5.41 Å². The molecule has 0 fully saturated rings. The molecule has 1 rings (SSSR count). The predicted octanol–water partition coefficient (Wildman–Crippen LogP) is 1.31. The quantitative estimate of drug-likeness (QED) is 0.772. The monoisotopic (exact) mass is 196 g/mol. The summed E-state index contributed by atoms with van der Waals surface area (Å²) in [6, 6.07) is 0. The van der Waals surface area contributed by atoms with E-state index in [0.29, 0.717) is 6.54 Å². The van der Waals surface area contributed by atoms with Gasteiger partial charge in [0, 0.05) is 18.5 Å². The van der Waals surface area contributed by atoms with E-state index in [1.54, 1.807) is 6.33 Å². The Hall–Kier alpha value is -0.900. The fourth-order valence-electron chi connectivity index (χ4n) is 1.84. The Morgan fingerprint density at radius 2 is 2.00 bits per heavy atom. The van der Waals surface area contributed by atoms with E-state index in [1.807, 2.05) is 0 Å². The van der Waals surface area contributed by atoms with Crippen LogP contribution >= 0.6 is 0 Å². The van der Waals surface area contributed by atoms with Crippen molar-refractivity contribution in [1.82, 2.24) is 14.8 Å². The second-order valence-electron chi connectivity index (χ2n) is 3.63. The van der Waals surface area contributed by atoms with Crippen molar-refractivity contribution in [1.29, 1.82) is 0 Å². The first-order valence-corrected chi connectivity index (χ1v) is 5.32. The van der Waals surface area contributed by atoms with E-state index in [2.05, 4.69) is 35.5 Å². The van der Waals surface area contributed by atoms with Crippen LogP contribution < -0.4 is 5.73 Å². The molecule has 14 heavy (non-hydrogen) atoms. The third kappa shape index (κ3) is 1.66. The van der Waals surface area contributed by atoms with Gasteiger partial charge in [-0.25, -0.2) is 0 Å². The first kappa shape index (κ1) is 11.2. The highest BCUT2D eigenvalue weighted by atomic mass is 15.3. The Balaban J connectivity index is 3.09. The van der Waals surface area contributed by atoms with Gasteiger partial charge >= 0.3 is 0 Å². The molecule has 1 heterocycles. The number of aromatic nitrogens is 3. The van der Waals surface area contributed by atoms with Crippen LogP contribution in [0.2, 0.25) is 0 Å². The molecule has 1 aromatic rings. The molecule has 0 aliphatic carbocycles. The van der Waals surface area contributed by atoms with Crippen molar-refractivity contribution < 1.29 is 0 Å². The summed E-state index contributed by atoms with van der Waals surface area (Å²) in [6.45, 7) is 7.96. The minimum absolute atomic E-state index is 0.00646. The van der Waals surface area contributed by atoms with Gasteiger partial charge in [0.05, 0.1) is 0 Å². The zero-order valence-corrected chi connectivity index (χ0v) is 9.32. The van der Waals surface area contributed by atoms with Crippen LogP contribution in [0.15, 0.2) is 6.33 Å². The summed E-state index contributed by atoms with van der Waals surface area (Å²) in [5.74, 6) is 1.03. The summed E-state index contributed by atoms with van der Waals surface area (Å²) in [5, 5.41) is 8.17. The van der Waals surface area contributed by atoms with Crippen LogP contribution in [0.5, 0.6) is 0 Å². The maximum absolute atomic E-state index is 5.86. The lowest BCUT2D eigenvalue weighted by Gasteiger charge is -2.29. The molecular formula is C10H20N4. The molecule has 0 aliphatic rings.